The molecule has 2 aromatic rings. The second kappa shape index (κ2) is 8.83. The van der Waals surface area contributed by atoms with Gasteiger partial charge >= 0.3 is 0 Å². The molecule has 2 aromatic carbocycles. The molecule has 0 bridgehead atoms. The number of halogens is 1. The van der Waals surface area contributed by atoms with Crippen molar-refractivity contribution in [1.82, 2.24) is 5.32 Å². The van der Waals surface area contributed by atoms with Crippen LogP contribution in [0.15, 0.2) is 59.5 Å². The molecule has 0 aliphatic heterocycles. The van der Waals surface area contributed by atoms with Gasteiger partial charge < -0.3 is 10.4 Å². The highest BCUT2D eigenvalue weighted by molar-refractivity contribution is 8.00. The molecule has 0 fully saturated rings. The van der Waals surface area contributed by atoms with Crippen molar-refractivity contribution in [3.05, 3.63) is 65.2 Å². The normalized spacial score (nSPS) is 11.9. The highest BCUT2D eigenvalue weighted by Crippen LogP contribution is 2.38. The van der Waals surface area contributed by atoms with Gasteiger partial charge in [-0.3, -0.25) is 4.79 Å². The van der Waals surface area contributed by atoms with Crippen LogP contribution < -0.4 is 5.32 Å². The number of hydrogen-bond acceptors (Lipinski definition) is 3. The largest absolute Gasteiger partial charge is 0.396 e. The van der Waals surface area contributed by atoms with E-state index in [1.165, 1.54) is 11.8 Å². The Morgan fingerprint density at radius 2 is 1.82 bits per heavy atom. The molecule has 0 aliphatic carbocycles. The Bertz CT molecular complexity index is 607. The molecule has 0 heterocycles. The third kappa shape index (κ3) is 4.77. The fourth-order valence-electron chi connectivity index (χ4n) is 1.95. The molecule has 0 saturated carbocycles. The predicted octanol–water partition coefficient (Wildman–Crippen LogP) is 3.67. The average Bonchev–Trinajstić information content (AvgIpc) is 2.55. The van der Waals surface area contributed by atoms with Crippen LogP contribution in [0.4, 0.5) is 0 Å². The summed E-state index contributed by atoms with van der Waals surface area (Å²) in [6, 6.07) is 17.1. The van der Waals surface area contributed by atoms with E-state index in [2.05, 4.69) is 5.32 Å². The first-order valence-electron chi connectivity index (χ1n) is 7.07. The topological polar surface area (TPSA) is 49.3 Å². The van der Waals surface area contributed by atoms with E-state index < -0.39 is 0 Å². The van der Waals surface area contributed by atoms with Crippen molar-refractivity contribution in [3.8, 4) is 0 Å². The minimum absolute atomic E-state index is 0.0634. The standard InChI is InChI=1S/C17H18ClNO2S/c18-14-9-4-5-10-15(14)22-16(13-7-2-1-3-8-13)17(21)19-11-6-12-20/h1-5,7-10,16,20H,6,11-12H2,(H,19,21). The van der Waals surface area contributed by atoms with Crippen LogP contribution in [-0.2, 0) is 4.79 Å². The molecule has 116 valence electrons. The SMILES string of the molecule is O=C(NCCCO)C(Sc1ccccc1Cl)c1ccccc1. The molecule has 3 nitrogen and oxygen atoms in total. The van der Waals surface area contributed by atoms with E-state index in [0.717, 1.165) is 10.5 Å². The number of aliphatic hydroxyl groups is 1. The van der Waals surface area contributed by atoms with Crippen molar-refractivity contribution in [2.24, 2.45) is 0 Å². The first-order chi connectivity index (χ1) is 10.7. The maximum atomic E-state index is 12.5. The van der Waals surface area contributed by atoms with Crippen LogP contribution in [0.25, 0.3) is 0 Å². The Labute approximate surface area is 139 Å². The van der Waals surface area contributed by atoms with Crippen molar-refractivity contribution in [1.29, 1.82) is 0 Å². The number of nitrogens with one attached hydrogen (secondary N) is 1. The third-order valence-electron chi connectivity index (χ3n) is 3.06. The molecule has 22 heavy (non-hydrogen) atoms. The molecule has 0 aromatic heterocycles. The quantitative estimate of drug-likeness (QED) is 0.599. The minimum atomic E-state index is -0.375. The lowest BCUT2D eigenvalue weighted by molar-refractivity contribution is -0.120. The summed E-state index contributed by atoms with van der Waals surface area (Å²) in [4.78, 5) is 13.3. The van der Waals surface area contributed by atoms with Gasteiger partial charge in [0.05, 0.1) is 5.02 Å². The summed E-state index contributed by atoms with van der Waals surface area (Å²) in [6.07, 6.45) is 0.546. The van der Waals surface area contributed by atoms with Gasteiger partial charge in [-0.05, 0) is 24.1 Å². The van der Waals surface area contributed by atoms with Gasteiger partial charge in [0.1, 0.15) is 5.25 Å². The van der Waals surface area contributed by atoms with Crippen LogP contribution in [0.3, 0.4) is 0 Å². The highest BCUT2D eigenvalue weighted by Gasteiger charge is 2.22. The zero-order chi connectivity index (χ0) is 15.8. The van der Waals surface area contributed by atoms with Gasteiger partial charge in [0, 0.05) is 18.0 Å². The van der Waals surface area contributed by atoms with Crippen molar-refractivity contribution >= 4 is 29.3 Å². The summed E-state index contributed by atoms with van der Waals surface area (Å²) < 4.78 is 0. The van der Waals surface area contributed by atoms with Crippen LogP contribution >= 0.6 is 23.4 Å². The molecular weight excluding hydrogens is 318 g/mol. The molecule has 1 amide bonds. The predicted molar refractivity (Wildman–Crippen MR) is 91.2 cm³/mol. The molecule has 0 saturated heterocycles. The molecule has 2 N–H and O–H groups in total. The number of rotatable bonds is 7. The van der Waals surface area contributed by atoms with Gasteiger partial charge in [-0.15, -0.1) is 11.8 Å². The molecule has 1 atom stereocenters. The first-order valence-corrected chi connectivity index (χ1v) is 8.33. The van der Waals surface area contributed by atoms with Crippen molar-refractivity contribution in [3.63, 3.8) is 0 Å². The summed E-state index contributed by atoms with van der Waals surface area (Å²) in [5.41, 5.74) is 0.925. The van der Waals surface area contributed by atoms with E-state index in [1.807, 2.05) is 54.6 Å². The van der Waals surface area contributed by atoms with Crippen molar-refractivity contribution in [2.45, 2.75) is 16.6 Å². The van der Waals surface area contributed by atoms with Crippen LogP contribution in [0.2, 0.25) is 5.02 Å². The summed E-state index contributed by atoms with van der Waals surface area (Å²) >= 11 is 7.63. The first kappa shape index (κ1) is 16.9. The number of benzene rings is 2. The van der Waals surface area contributed by atoms with Crippen LogP contribution in [-0.4, -0.2) is 24.2 Å². The second-order valence-corrected chi connectivity index (χ2v) is 6.26. The monoisotopic (exact) mass is 335 g/mol. The van der Waals surface area contributed by atoms with E-state index in [0.29, 0.717) is 18.0 Å². The van der Waals surface area contributed by atoms with Crippen LogP contribution in [0.1, 0.15) is 17.2 Å². The molecule has 0 aliphatic rings. The van der Waals surface area contributed by atoms with Gasteiger partial charge in [-0.25, -0.2) is 0 Å². The number of carbonyl (C=O) groups excluding carboxylic acids is 1. The Morgan fingerprint density at radius 3 is 2.50 bits per heavy atom. The van der Waals surface area contributed by atoms with Gasteiger partial charge in [0.2, 0.25) is 5.91 Å². The average molecular weight is 336 g/mol. The molecule has 0 radical (unpaired) electrons. The van der Waals surface area contributed by atoms with E-state index in [4.69, 9.17) is 16.7 Å². The summed E-state index contributed by atoms with van der Waals surface area (Å²) in [5.74, 6) is -0.0791. The smallest absolute Gasteiger partial charge is 0.237 e. The zero-order valence-corrected chi connectivity index (χ0v) is 13.6. The maximum absolute atomic E-state index is 12.5. The number of carbonyl (C=O) groups is 1. The second-order valence-electron chi connectivity index (χ2n) is 4.71. The zero-order valence-electron chi connectivity index (χ0n) is 12.0. The van der Waals surface area contributed by atoms with E-state index in [1.54, 1.807) is 0 Å². The lowest BCUT2D eigenvalue weighted by Crippen LogP contribution is -2.29. The molecule has 5 heteroatoms. The lowest BCUT2D eigenvalue weighted by atomic mass is 10.1. The summed E-state index contributed by atoms with van der Waals surface area (Å²) in [5, 5.41) is 12.0. The van der Waals surface area contributed by atoms with Crippen LogP contribution in [0.5, 0.6) is 0 Å². The van der Waals surface area contributed by atoms with Gasteiger partial charge in [-0.2, -0.15) is 0 Å². The van der Waals surface area contributed by atoms with Gasteiger partial charge in [0.15, 0.2) is 0 Å². The van der Waals surface area contributed by atoms with Gasteiger partial charge in [-0.1, -0.05) is 54.1 Å². The minimum Gasteiger partial charge on any atom is -0.396 e. The third-order valence-corrected chi connectivity index (χ3v) is 4.83. The van der Waals surface area contributed by atoms with E-state index >= 15 is 0 Å². The Morgan fingerprint density at radius 1 is 1.14 bits per heavy atom. The maximum Gasteiger partial charge on any atom is 0.237 e. The summed E-state index contributed by atoms with van der Waals surface area (Å²) in [6.45, 7) is 0.524. The molecular formula is C17H18ClNO2S. The molecule has 2 rings (SSSR count). The Kier molecular flexibility index (Phi) is 6.77. The highest BCUT2D eigenvalue weighted by atomic mass is 35.5. The van der Waals surface area contributed by atoms with Crippen LogP contribution in [0, 0.1) is 0 Å². The Balaban J connectivity index is 2.18. The number of aliphatic hydroxyl groups excluding tert-OH is 1. The molecule has 1 unspecified atom stereocenters. The lowest BCUT2D eigenvalue weighted by Gasteiger charge is -2.17. The van der Waals surface area contributed by atoms with E-state index in [-0.39, 0.29) is 17.8 Å². The Hall–Kier alpha value is -1.49. The van der Waals surface area contributed by atoms with Crippen molar-refractivity contribution < 1.29 is 9.90 Å². The van der Waals surface area contributed by atoms with Crippen molar-refractivity contribution in [2.75, 3.05) is 13.2 Å². The summed E-state index contributed by atoms with van der Waals surface area (Å²) in [7, 11) is 0. The van der Waals surface area contributed by atoms with E-state index in [9.17, 15) is 4.79 Å². The fraction of sp³-hybridized carbons (Fsp3) is 0.235. The molecule has 0 spiro atoms. The number of amides is 1. The van der Waals surface area contributed by atoms with Gasteiger partial charge in [0.25, 0.3) is 0 Å². The fourth-order valence-corrected chi connectivity index (χ4v) is 3.30. The number of thioether (sulfide) groups is 1. The number of hydrogen-bond donors (Lipinski definition) is 2.